The molecule has 1 aliphatic carbocycles. The second-order valence-electron chi connectivity index (χ2n) is 4.65. The molecule has 1 heteroatoms. The Labute approximate surface area is 92.1 Å². The minimum Gasteiger partial charge on any atom is -0.396 e. The van der Waals surface area contributed by atoms with Crippen molar-refractivity contribution < 1.29 is 5.11 Å². The van der Waals surface area contributed by atoms with Gasteiger partial charge in [-0.2, -0.15) is 0 Å². The van der Waals surface area contributed by atoms with Gasteiger partial charge in [-0.3, -0.25) is 0 Å². The normalized spacial score (nSPS) is 26.3. The standard InChI is InChI=1S/C14H20O/c1-2-6-12(10-15)14-9-13(14)11-7-4-3-5-8-11/h3-5,7-8,12-15H,2,6,9-10H2,1H3. The number of benzene rings is 1. The maximum Gasteiger partial charge on any atom is 0.0462 e. The first-order chi connectivity index (χ1) is 7.36. The predicted molar refractivity (Wildman–Crippen MR) is 62.8 cm³/mol. The van der Waals surface area contributed by atoms with Crippen LogP contribution in [0.25, 0.3) is 0 Å². The van der Waals surface area contributed by atoms with Gasteiger partial charge in [0, 0.05) is 6.61 Å². The topological polar surface area (TPSA) is 20.2 Å². The summed E-state index contributed by atoms with van der Waals surface area (Å²) in [6.07, 6.45) is 3.63. The van der Waals surface area contributed by atoms with Crippen molar-refractivity contribution in [1.82, 2.24) is 0 Å². The maximum absolute atomic E-state index is 9.33. The molecule has 1 fully saturated rings. The molecule has 0 heterocycles. The molecule has 1 aliphatic rings. The van der Waals surface area contributed by atoms with Crippen molar-refractivity contribution in [3.05, 3.63) is 35.9 Å². The highest BCUT2D eigenvalue weighted by Gasteiger charge is 2.42. The summed E-state index contributed by atoms with van der Waals surface area (Å²) in [5.41, 5.74) is 1.46. The van der Waals surface area contributed by atoms with E-state index in [9.17, 15) is 5.11 Å². The predicted octanol–water partition coefficient (Wildman–Crippen LogP) is 3.20. The highest BCUT2D eigenvalue weighted by atomic mass is 16.3. The molecule has 1 aromatic carbocycles. The molecule has 82 valence electrons. The summed E-state index contributed by atoms with van der Waals surface area (Å²) in [6.45, 7) is 2.56. The second-order valence-corrected chi connectivity index (χ2v) is 4.65. The van der Waals surface area contributed by atoms with Crippen molar-refractivity contribution in [3.63, 3.8) is 0 Å². The third kappa shape index (κ3) is 2.40. The number of aliphatic hydroxyl groups excluding tert-OH is 1. The molecule has 1 aromatic rings. The molecule has 1 N–H and O–H groups in total. The fourth-order valence-electron chi connectivity index (χ4n) is 2.63. The second kappa shape index (κ2) is 4.80. The molecule has 1 nitrogen and oxygen atoms in total. The van der Waals surface area contributed by atoms with Crippen molar-refractivity contribution in [2.75, 3.05) is 6.61 Å². The van der Waals surface area contributed by atoms with Gasteiger partial charge < -0.3 is 5.11 Å². The average molecular weight is 204 g/mol. The van der Waals surface area contributed by atoms with Gasteiger partial charge in [-0.1, -0.05) is 43.7 Å². The Hall–Kier alpha value is -0.820. The molecule has 3 unspecified atom stereocenters. The fraction of sp³-hybridized carbons (Fsp3) is 0.571. The van der Waals surface area contributed by atoms with E-state index in [2.05, 4.69) is 37.3 Å². The van der Waals surface area contributed by atoms with Crippen molar-refractivity contribution >= 4 is 0 Å². The largest absolute Gasteiger partial charge is 0.396 e. The molecular formula is C14H20O. The third-order valence-corrected chi connectivity index (χ3v) is 3.57. The monoisotopic (exact) mass is 204 g/mol. The van der Waals surface area contributed by atoms with Crippen molar-refractivity contribution in [2.45, 2.75) is 32.1 Å². The quantitative estimate of drug-likeness (QED) is 0.781. The van der Waals surface area contributed by atoms with Crippen LogP contribution < -0.4 is 0 Å². The van der Waals surface area contributed by atoms with Crippen LogP contribution in [0.1, 0.15) is 37.7 Å². The molecule has 1 saturated carbocycles. The Morgan fingerprint density at radius 1 is 1.33 bits per heavy atom. The zero-order valence-corrected chi connectivity index (χ0v) is 9.39. The minimum absolute atomic E-state index is 0.363. The van der Waals surface area contributed by atoms with Gasteiger partial charge in [-0.15, -0.1) is 0 Å². The first-order valence-corrected chi connectivity index (χ1v) is 6.02. The highest BCUT2D eigenvalue weighted by molar-refractivity contribution is 5.26. The van der Waals surface area contributed by atoms with Gasteiger partial charge in [0.2, 0.25) is 0 Å². The Kier molecular flexibility index (Phi) is 3.42. The van der Waals surface area contributed by atoms with E-state index in [0.717, 1.165) is 11.8 Å². The van der Waals surface area contributed by atoms with Gasteiger partial charge in [-0.25, -0.2) is 0 Å². The van der Waals surface area contributed by atoms with Crippen LogP contribution in [-0.4, -0.2) is 11.7 Å². The van der Waals surface area contributed by atoms with E-state index in [1.807, 2.05) is 0 Å². The fourth-order valence-corrected chi connectivity index (χ4v) is 2.63. The highest BCUT2D eigenvalue weighted by Crippen LogP contribution is 2.52. The maximum atomic E-state index is 9.33. The van der Waals surface area contributed by atoms with Crippen LogP contribution in [0.2, 0.25) is 0 Å². The lowest BCUT2D eigenvalue weighted by Crippen LogP contribution is -2.09. The lowest BCUT2D eigenvalue weighted by Gasteiger charge is -2.12. The van der Waals surface area contributed by atoms with E-state index in [1.54, 1.807) is 0 Å². The van der Waals surface area contributed by atoms with E-state index in [0.29, 0.717) is 12.5 Å². The molecule has 0 aromatic heterocycles. The number of aliphatic hydroxyl groups is 1. The summed E-state index contributed by atoms with van der Waals surface area (Å²) < 4.78 is 0. The summed E-state index contributed by atoms with van der Waals surface area (Å²) in [6, 6.07) is 10.7. The van der Waals surface area contributed by atoms with Crippen LogP contribution in [0.5, 0.6) is 0 Å². The lowest BCUT2D eigenvalue weighted by atomic mass is 9.96. The Morgan fingerprint density at radius 2 is 2.07 bits per heavy atom. The van der Waals surface area contributed by atoms with E-state index in [-0.39, 0.29) is 0 Å². The zero-order chi connectivity index (χ0) is 10.7. The van der Waals surface area contributed by atoms with Crippen molar-refractivity contribution in [1.29, 1.82) is 0 Å². The molecule has 2 rings (SSSR count). The lowest BCUT2D eigenvalue weighted by molar-refractivity contribution is 0.199. The van der Waals surface area contributed by atoms with Gasteiger partial charge in [0.25, 0.3) is 0 Å². The summed E-state index contributed by atoms with van der Waals surface area (Å²) in [5, 5.41) is 9.33. The first kappa shape index (κ1) is 10.7. The average Bonchev–Trinajstić information content (AvgIpc) is 3.07. The molecule has 3 atom stereocenters. The van der Waals surface area contributed by atoms with E-state index < -0.39 is 0 Å². The molecule has 0 saturated heterocycles. The van der Waals surface area contributed by atoms with E-state index in [1.165, 1.54) is 24.8 Å². The minimum atomic E-state index is 0.363. The van der Waals surface area contributed by atoms with Gasteiger partial charge in [0.1, 0.15) is 0 Å². The Bertz CT molecular complexity index is 293. The molecule has 0 radical (unpaired) electrons. The van der Waals surface area contributed by atoms with Crippen molar-refractivity contribution in [2.24, 2.45) is 11.8 Å². The van der Waals surface area contributed by atoms with Crippen molar-refractivity contribution in [3.8, 4) is 0 Å². The van der Waals surface area contributed by atoms with Crippen LogP contribution in [-0.2, 0) is 0 Å². The Balaban J connectivity index is 1.95. The van der Waals surface area contributed by atoms with Gasteiger partial charge >= 0.3 is 0 Å². The summed E-state index contributed by atoms with van der Waals surface area (Å²) in [5.74, 6) is 1.98. The number of hydrogen-bond donors (Lipinski definition) is 1. The summed E-state index contributed by atoms with van der Waals surface area (Å²) >= 11 is 0. The summed E-state index contributed by atoms with van der Waals surface area (Å²) in [4.78, 5) is 0. The van der Waals surface area contributed by atoms with Crippen LogP contribution >= 0.6 is 0 Å². The molecular weight excluding hydrogens is 184 g/mol. The molecule has 15 heavy (non-hydrogen) atoms. The summed E-state index contributed by atoms with van der Waals surface area (Å²) in [7, 11) is 0. The van der Waals surface area contributed by atoms with E-state index >= 15 is 0 Å². The molecule has 0 spiro atoms. The van der Waals surface area contributed by atoms with Crippen LogP contribution in [0.4, 0.5) is 0 Å². The van der Waals surface area contributed by atoms with Gasteiger partial charge in [0.15, 0.2) is 0 Å². The smallest absolute Gasteiger partial charge is 0.0462 e. The first-order valence-electron chi connectivity index (χ1n) is 6.02. The molecule has 0 aliphatic heterocycles. The molecule has 0 amide bonds. The van der Waals surface area contributed by atoms with Gasteiger partial charge in [-0.05, 0) is 36.2 Å². The van der Waals surface area contributed by atoms with E-state index in [4.69, 9.17) is 0 Å². The number of rotatable bonds is 5. The van der Waals surface area contributed by atoms with Crippen LogP contribution in [0, 0.1) is 11.8 Å². The molecule has 0 bridgehead atoms. The Morgan fingerprint density at radius 3 is 2.67 bits per heavy atom. The van der Waals surface area contributed by atoms with Crippen LogP contribution in [0.3, 0.4) is 0 Å². The van der Waals surface area contributed by atoms with Crippen LogP contribution in [0.15, 0.2) is 30.3 Å². The zero-order valence-electron chi connectivity index (χ0n) is 9.39. The third-order valence-electron chi connectivity index (χ3n) is 3.57. The van der Waals surface area contributed by atoms with Gasteiger partial charge in [0.05, 0.1) is 0 Å². The number of hydrogen-bond acceptors (Lipinski definition) is 1. The SMILES string of the molecule is CCCC(CO)C1CC1c1ccccc1.